The van der Waals surface area contributed by atoms with Crippen molar-refractivity contribution in [2.45, 2.75) is 32.7 Å². The van der Waals surface area contributed by atoms with Gasteiger partial charge in [0.05, 0.1) is 17.6 Å². The van der Waals surface area contributed by atoms with E-state index in [1.165, 1.54) is 11.3 Å². The first-order chi connectivity index (χ1) is 8.20. The molecule has 3 nitrogen and oxygen atoms in total. The molecule has 0 fully saturated rings. The van der Waals surface area contributed by atoms with Gasteiger partial charge in [0.15, 0.2) is 0 Å². The second kappa shape index (κ2) is 5.32. The van der Waals surface area contributed by atoms with Crippen LogP contribution in [0.4, 0.5) is 5.69 Å². The number of rotatable bonds is 3. The predicted octanol–water partition coefficient (Wildman–Crippen LogP) is 2.65. The summed E-state index contributed by atoms with van der Waals surface area (Å²) < 4.78 is 0. The van der Waals surface area contributed by atoms with Crippen LogP contribution in [0.15, 0.2) is 30.0 Å². The molecule has 0 aromatic carbocycles. The normalized spacial score (nSPS) is 17.8. The summed E-state index contributed by atoms with van der Waals surface area (Å²) in [6.07, 6.45) is 6.31. The van der Waals surface area contributed by atoms with Crippen LogP contribution in [0.2, 0.25) is 0 Å². The smallest absolute Gasteiger partial charge is 0.0572 e. The molecule has 0 aliphatic carbocycles. The number of anilines is 1. The lowest BCUT2D eigenvalue weighted by Gasteiger charge is -2.28. The van der Waals surface area contributed by atoms with Gasteiger partial charge in [0.1, 0.15) is 0 Å². The molecule has 0 saturated carbocycles. The third-order valence-electron chi connectivity index (χ3n) is 3.29. The first-order valence-corrected chi connectivity index (χ1v) is 6.33. The molecule has 1 aromatic rings. The third kappa shape index (κ3) is 2.86. The van der Waals surface area contributed by atoms with Gasteiger partial charge in [0, 0.05) is 19.1 Å². The van der Waals surface area contributed by atoms with Crippen molar-refractivity contribution in [2.75, 3.05) is 18.0 Å². The molecule has 2 rings (SSSR count). The Morgan fingerprint density at radius 3 is 2.88 bits per heavy atom. The summed E-state index contributed by atoms with van der Waals surface area (Å²) >= 11 is 0. The Bertz CT molecular complexity index is 394. The molecule has 1 atom stereocenters. The summed E-state index contributed by atoms with van der Waals surface area (Å²) in [6, 6.07) is 4.25. The summed E-state index contributed by atoms with van der Waals surface area (Å²) in [5, 5.41) is 0. The van der Waals surface area contributed by atoms with Crippen LogP contribution in [0.3, 0.4) is 0 Å². The van der Waals surface area contributed by atoms with E-state index in [4.69, 9.17) is 5.73 Å². The van der Waals surface area contributed by atoms with E-state index in [0.29, 0.717) is 0 Å². The first kappa shape index (κ1) is 12.1. The van der Waals surface area contributed by atoms with Gasteiger partial charge in [-0.2, -0.15) is 0 Å². The summed E-state index contributed by atoms with van der Waals surface area (Å²) in [5.74, 6) is 0. The molecule has 92 valence electrons. The largest absolute Gasteiger partial charge is 0.366 e. The number of nitrogens with two attached hydrogens (primary N) is 1. The van der Waals surface area contributed by atoms with Gasteiger partial charge in [-0.1, -0.05) is 18.6 Å². The zero-order valence-corrected chi connectivity index (χ0v) is 10.7. The van der Waals surface area contributed by atoms with Gasteiger partial charge >= 0.3 is 0 Å². The third-order valence-corrected chi connectivity index (χ3v) is 3.29. The van der Waals surface area contributed by atoms with E-state index in [-0.39, 0.29) is 6.04 Å². The molecule has 1 aliphatic heterocycles. The Balaban J connectivity index is 2.10. The second-order valence-corrected chi connectivity index (χ2v) is 4.72. The topological polar surface area (TPSA) is 42.1 Å². The fourth-order valence-electron chi connectivity index (χ4n) is 2.14. The van der Waals surface area contributed by atoms with Crippen LogP contribution in [0.1, 0.15) is 38.4 Å². The van der Waals surface area contributed by atoms with Crippen molar-refractivity contribution in [1.82, 2.24) is 4.98 Å². The summed E-state index contributed by atoms with van der Waals surface area (Å²) in [7, 11) is 0. The van der Waals surface area contributed by atoms with E-state index in [1.54, 1.807) is 0 Å². The highest BCUT2D eigenvalue weighted by molar-refractivity contribution is 5.47. The molecule has 3 heteroatoms. The van der Waals surface area contributed by atoms with Gasteiger partial charge in [-0.25, -0.2) is 0 Å². The van der Waals surface area contributed by atoms with E-state index in [1.807, 2.05) is 6.20 Å². The van der Waals surface area contributed by atoms with E-state index in [0.717, 1.165) is 31.6 Å². The van der Waals surface area contributed by atoms with Gasteiger partial charge < -0.3 is 10.6 Å². The van der Waals surface area contributed by atoms with Crippen LogP contribution >= 0.6 is 0 Å². The molecule has 0 saturated heterocycles. The average molecular weight is 231 g/mol. The highest BCUT2D eigenvalue weighted by Crippen LogP contribution is 2.20. The second-order valence-electron chi connectivity index (χ2n) is 4.72. The van der Waals surface area contributed by atoms with E-state index in [2.05, 4.69) is 41.9 Å². The zero-order chi connectivity index (χ0) is 12.3. The van der Waals surface area contributed by atoms with Crippen molar-refractivity contribution >= 4 is 5.69 Å². The van der Waals surface area contributed by atoms with Crippen LogP contribution in [0.25, 0.3) is 0 Å². The van der Waals surface area contributed by atoms with Gasteiger partial charge in [0.25, 0.3) is 0 Å². The Kier molecular flexibility index (Phi) is 3.79. The van der Waals surface area contributed by atoms with Gasteiger partial charge in [-0.15, -0.1) is 0 Å². The van der Waals surface area contributed by atoms with Crippen molar-refractivity contribution in [2.24, 2.45) is 5.73 Å². The Morgan fingerprint density at radius 2 is 2.29 bits per heavy atom. The molecule has 2 N–H and O–H groups in total. The first-order valence-electron chi connectivity index (χ1n) is 6.33. The summed E-state index contributed by atoms with van der Waals surface area (Å²) in [4.78, 5) is 6.83. The maximum Gasteiger partial charge on any atom is 0.0572 e. The highest BCUT2D eigenvalue weighted by Gasteiger charge is 2.12. The number of aromatic nitrogens is 1. The van der Waals surface area contributed by atoms with Gasteiger partial charge in [0.2, 0.25) is 0 Å². The lowest BCUT2D eigenvalue weighted by Crippen LogP contribution is -2.29. The zero-order valence-electron chi connectivity index (χ0n) is 10.7. The Labute approximate surface area is 103 Å². The number of pyridine rings is 1. The molecule has 1 aromatic heterocycles. The number of hydrogen-bond acceptors (Lipinski definition) is 3. The fraction of sp³-hybridized carbons (Fsp3) is 0.500. The molecule has 0 radical (unpaired) electrons. The van der Waals surface area contributed by atoms with Crippen molar-refractivity contribution < 1.29 is 0 Å². The molecule has 0 unspecified atom stereocenters. The van der Waals surface area contributed by atoms with Crippen molar-refractivity contribution in [3.63, 3.8) is 0 Å². The average Bonchev–Trinajstić information content (AvgIpc) is 2.38. The predicted molar refractivity (Wildman–Crippen MR) is 72.0 cm³/mol. The molecule has 2 heterocycles. The van der Waals surface area contributed by atoms with Gasteiger partial charge in [-0.3, -0.25) is 4.98 Å². The van der Waals surface area contributed by atoms with E-state index in [9.17, 15) is 0 Å². The van der Waals surface area contributed by atoms with E-state index >= 15 is 0 Å². The Morgan fingerprint density at radius 1 is 1.47 bits per heavy atom. The summed E-state index contributed by atoms with van der Waals surface area (Å²) in [6.45, 7) is 6.36. The number of hydrogen-bond donors (Lipinski definition) is 1. The standard InChI is InChI=1S/C14H21N3/c1-3-13(15)14-7-6-12(9-16-14)17-8-4-5-11(2)10-17/h5-7,9,13H,3-4,8,10,15H2,1-2H3/t13-/m1/s1. The molecular formula is C14H21N3. The van der Waals surface area contributed by atoms with E-state index < -0.39 is 0 Å². The van der Waals surface area contributed by atoms with Gasteiger partial charge in [-0.05, 0) is 31.9 Å². The van der Waals surface area contributed by atoms with Crippen LogP contribution < -0.4 is 10.6 Å². The minimum Gasteiger partial charge on any atom is -0.366 e. The lowest BCUT2D eigenvalue weighted by atomic mass is 10.1. The quantitative estimate of drug-likeness (QED) is 0.813. The molecular weight excluding hydrogens is 210 g/mol. The monoisotopic (exact) mass is 231 g/mol. The maximum atomic E-state index is 5.96. The molecule has 0 spiro atoms. The fourth-order valence-corrected chi connectivity index (χ4v) is 2.14. The Hall–Kier alpha value is -1.35. The molecule has 1 aliphatic rings. The molecule has 0 bridgehead atoms. The van der Waals surface area contributed by atoms with Crippen molar-refractivity contribution in [3.8, 4) is 0 Å². The SMILES string of the molecule is CC[C@@H](N)c1ccc(N2CCC=C(C)C2)cn1. The molecule has 17 heavy (non-hydrogen) atoms. The van der Waals surface area contributed by atoms with Crippen LogP contribution in [0.5, 0.6) is 0 Å². The van der Waals surface area contributed by atoms with Crippen LogP contribution in [0, 0.1) is 0 Å². The number of nitrogens with zero attached hydrogens (tertiary/aromatic N) is 2. The van der Waals surface area contributed by atoms with Crippen LogP contribution in [-0.4, -0.2) is 18.1 Å². The minimum atomic E-state index is 0.0621. The van der Waals surface area contributed by atoms with Crippen molar-refractivity contribution in [1.29, 1.82) is 0 Å². The summed E-state index contributed by atoms with van der Waals surface area (Å²) in [5.41, 5.74) is 9.58. The maximum absolute atomic E-state index is 5.96. The molecule has 0 amide bonds. The van der Waals surface area contributed by atoms with Crippen molar-refractivity contribution in [3.05, 3.63) is 35.7 Å². The minimum absolute atomic E-state index is 0.0621. The van der Waals surface area contributed by atoms with Crippen LogP contribution in [-0.2, 0) is 0 Å². The lowest BCUT2D eigenvalue weighted by molar-refractivity contribution is 0.674. The highest BCUT2D eigenvalue weighted by atomic mass is 15.1.